The fourth-order valence-electron chi connectivity index (χ4n) is 6.22. The summed E-state index contributed by atoms with van der Waals surface area (Å²) in [5, 5.41) is 3.86. The molecule has 4 heterocycles. The van der Waals surface area contributed by atoms with Crippen LogP contribution in [0.5, 0.6) is 5.75 Å². The van der Waals surface area contributed by atoms with Crippen LogP contribution in [0.15, 0.2) is 104 Å². The highest BCUT2D eigenvalue weighted by Crippen LogP contribution is 2.33. The molecule has 0 amide bonds. The maximum absolute atomic E-state index is 14.1. The first-order valence-corrected chi connectivity index (χ1v) is 17.5. The van der Waals surface area contributed by atoms with Crippen LogP contribution in [-0.2, 0) is 19.3 Å². The van der Waals surface area contributed by atoms with Crippen molar-refractivity contribution in [2.45, 2.75) is 72.3 Å². The predicted octanol–water partition coefficient (Wildman–Crippen LogP) is 8.00. The second-order valence-electron chi connectivity index (χ2n) is 13.2. The molecule has 0 spiro atoms. The Morgan fingerprint density at radius 2 is 1.59 bits per heavy atom. The molecule has 0 saturated carbocycles. The van der Waals surface area contributed by atoms with Crippen LogP contribution in [0, 0.1) is 6.92 Å². The average molecular weight is 816 g/mol. The summed E-state index contributed by atoms with van der Waals surface area (Å²) < 4.78 is 12.5. The Bertz CT molecular complexity index is 2410. The molecule has 7 rings (SSSR count). The van der Waals surface area contributed by atoms with E-state index in [1.807, 2.05) is 107 Å². The number of hydrogen-bond donors (Lipinski definition) is 2. The number of ether oxygens (including phenoxy) is 1. The minimum atomic E-state index is -0.598. The highest BCUT2D eigenvalue weighted by atomic mass is 79.9. The quantitative estimate of drug-likeness (QED) is 0.149. The molecule has 0 unspecified atom stereocenters. The number of rotatable bonds is 9. The zero-order valence-electron chi connectivity index (χ0n) is 30.8. The van der Waals surface area contributed by atoms with E-state index in [9.17, 15) is 14.4 Å². The predicted molar refractivity (Wildman–Crippen MR) is 220 cm³/mol. The van der Waals surface area contributed by atoms with Crippen molar-refractivity contribution in [3.8, 4) is 34.0 Å². The van der Waals surface area contributed by atoms with E-state index in [2.05, 4.69) is 27.0 Å². The van der Waals surface area contributed by atoms with Crippen LogP contribution in [-0.4, -0.2) is 35.3 Å². The lowest BCUT2D eigenvalue weighted by Gasteiger charge is -2.28. The monoisotopic (exact) mass is 814 g/mol. The Morgan fingerprint density at radius 1 is 0.870 bits per heavy atom. The van der Waals surface area contributed by atoms with E-state index in [1.165, 1.54) is 12.3 Å². The molecule has 3 aromatic carbocycles. The van der Waals surface area contributed by atoms with Gasteiger partial charge in [0.15, 0.2) is 5.82 Å². The zero-order valence-corrected chi connectivity index (χ0v) is 33.4. The Balaban J connectivity index is 0.000000472. The minimum absolute atomic E-state index is 0. The second-order valence-corrected chi connectivity index (χ2v) is 13.2. The molecule has 13 heteroatoms. The Hall–Kier alpha value is -5.33. The van der Waals surface area contributed by atoms with Crippen molar-refractivity contribution in [1.29, 1.82) is 0 Å². The van der Waals surface area contributed by atoms with Gasteiger partial charge in [0.05, 0.1) is 11.4 Å². The van der Waals surface area contributed by atoms with Gasteiger partial charge in [0.25, 0.3) is 11.1 Å². The summed E-state index contributed by atoms with van der Waals surface area (Å²) in [6, 6.07) is 23.0. The molecule has 0 atom stereocenters. The summed E-state index contributed by atoms with van der Waals surface area (Å²) in [7, 11) is 0. The lowest BCUT2D eigenvalue weighted by Crippen LogP contribution is -2.29. The first-order chi connectivity index (χ1) is 25.0. The van der Waals surface area contributed by atoms with E-state index in [-0.39, 0.29) is 46.1 Å². The Morgan fingerprint density at radius 3 is 2.26 bits per heavy atom. The summed E-state index contributed by atoms with van der Waals surface area (Å²) in [6.07, 6.45) is 9.52. The number of hydrogen-bond acceptors (Lipinski definition) is 8. The van der Waals surface area contributed by atoms with E-state index in [0.717, 1.165) is 76.5 Å². The van der Waals surface area contributed by atoms with Gasteiger partial charge in [0.1, 0.15) is 23.0 Å². The van der Waals surface area contributed by atoms with Crippen molar-refractivity contribution in [2.24, 2.45) is 0 Å². The van der Waals surface area contributed by atoms with Gasteiger partial charge in [-0.05, 0) is 74.6 Å². The molecule has 0 bridgehead atoms. The summed E-state index contributed by atoms with van der Waals surface area (Å²) >= 11 is 0. The van der Waals surface area contributed by atoms with Crippen LogP contribution in [0.1, 0.15) is 74.6 Å². The number of aromatic amines is 2. The van der Waals surface area contributed by atoms with Gasteiger partial charge >= 0.3 is 5.76 Å². The summed E-state index contributed by atoms with van der Waals surface area (Å²) in [6.45, 7) is 10.1. The minimum Gasteiger partial charge on any atom is -0.483 e. The third-order valence-electron chi connectivity index (χ3n) is 8.68. The number of nitrogens with one attached hydrogen (secondary N) is 2. The number of aromatic nitrogens is 6. The molecule has 1 aliphatic rings. The maximum atomic E-state index is 14.1. The van der Waals surface area contributed by atoms with Crippen LogP contribution in [0.2, 0.25) is 0 Å². The van der Waals surface area contributed by atoms with Crippen molar-refractivity contribution < 1.29 is 9.26 Å². The first-order valence-electron chi connectivity index (χ1n) is 17.5. The molecule has 0 fully saturated rings. The molecule has 0 aliphatic carbocycles. The van der Waals surface area contributed by atoms with Gasteiger partial charge in [-0.3, -0.25) is 23.7 Å². The van der Waals surface area contributed by atoms with Crippen molar-refractivity contribution in [1.82, 2.24) is 29.7 Å². The van der Waals surface area contributed by atoms with Crippen LogP contribution in [0.4, 0.5) is 0 Å². The van der Waals surface area contributed by atoms with E-state index in [4.69, 9.17) is 14.2 Å². The van der Waals surface area contributed by atoms with Crippen LogP contribution in [0.3, 0.4) is 0 Å². The number of benzene rings is 3. The number of H-pyrrole nitrogens is 2. The van der Waals surface area contributed by atoms with Crippen LogP contribution in [0.25, 0.3) is 34.3 Å². The number of nitrogens with zero attached hydrogens (tertiary/aromatic N) is 4. The van der Waals surface area contributed by atoms with Gasteiger partial charge in [-0.25, -0.2) is 14.8 Å². The molecule has 3 aromatic heterocycles. The third-order valence-corrected chi connectivity index (χ3v) is 8.68. The molecule has 2 N–H and O–H groups in total. The standard InChI is InChI=1S/C34H32N4O4.C7H10N2O.BrH.ClH/c1-5-8-29-28(32(39)38(21(2)35-29)25-15-16-30-24(20-25)17-18-34(3,4)41-30)19-22-11-13-23(14-12-22)26-9-6-7-10-27(26)31-36-33(40)42-37-31;1-2-3-6-8-5-4-7(10)9-6;;/h6-7,9-18,20H,5,8,19H2,1-4H3,(H,36,37,40);4-5H,2-3H2,1H3,(H,8,9,10);2*1H. The second kappa shape index (κ2) is 18.1. The topological polar surface area (TPSA) is 149 Å². The highest BCUT2D eigenvalue weighted by Gasteiger charge is 2.23. The molecule has 1 aliphatic heterocycles. The highest BCUT2D eigenvalue weighted by molar-refractivity contribution is 8.93. The van der Waals surface area contributed by atoms with E-state index in [1.54, 1.807) is 4.57 Å². The molecular weight excluding hydrogens is 772 g/mol. The summed E-state index contributed by atoms with van der Waals surface area (Å²) in [4.78, 5) is 50.4. The third kappa shape index (κ3) is 9.61. The first kappa shape index (κ1) is 41.4. The molecule has 6 aromatic rings. The Kier molecular flexibility index (Phi) is 13.9. The van der Waals surface area contributed by atoms with Gasteiger partial charge in [-0.2, -0.15) is 0 Å². The van der Waals surface area contributed by atoms with Crippen molar-refractivity contribution in [3.05, 3.63) is 150 Å². The van der Waals surface area contributed by atoms with Gasteiger partial charge in [-0.15, -0.1) is 29.4 Å². The van der Waals surface area contributed by atoms with Crippen LogP contribution < -0.4 is 21.6 Å². The van der Waals surface area contributed by atoms with Gasteiger partial charge in [0, 0.05) is 41.8 Å². The number of fused-ring (bicyclic) bond motifs is 1. The molecule has 282 valence electrons. The average Bonchev–Trinajstić information content (AvgIpc) is 3.56. The summed E-state index contributed by atoms with van der Waals surface area (Å²) in [5.41, 5.74) is 6.36. The molecule has 11 nitrogen and oxygen atoms in total. The number of halogens is 2. The Labute approximate surface area is 329 Å². The zero-order chi connectivity index (χ0) is 36.8. The number of aryl methyl sites for hydroxylation is 3. The molecular formula is C41H44BrClN6O5. The molecule has 54 heavy (non-hydrogen) atoms. The van der Waals surface area contributed by atoms with E-state index >= 15 is 0 Å². The summed E-state index contributed by atoms with van der Waals surface area (Å²) in [5.74, 6) is 2.01. The van der Waals surface area contributed by atoms with Gasteiger partial charge < -0.3 is 9.72 Å². The van der Waals surface area contributed by atoms with Crippen molar-refractivity contribution in [2.75, 3.05) is 0 Å². The SMILES string of the molecule is Br.CCCc1nc(C)n(-c2ccc3c(c2)C=CC(C)(C)O3)c(=O)c1Cc1ccc(-c2ccccc2-c2noc(=O)[nH]2)cc1.CCCc1nccc(=O)[nH]1.Cl. The fourth-order valence-corrected chi connectivity index (χ4v) is 6.22. The largest absolute Gasteiger partial charge is 0.483 e. The van der Waals surface area contributed by atoms with Crippen molar-refractivity contribution >= 4 is 35.5 Å². The van der Waals surface area contributed by atoms with E-state index in [0.29, 0.717) is 23.6 Å². The van der Waals surface area contributed by atoms with Gasteiger partial charge in [-0.1, -0.05) is 80.0 Å². The maximum Gasteiger partial charge on any atom is 0.439 e. The molecule has 0 radical (unpaired) electrons. The normalized spacial score (nSPS) is 12.3. The fraction of sp³-hybridized carbons (Fsp3) is 0.268. The van der Waals surface area contributed by atoms with Crippen LogP contribution >= 0.6 is 29.4 Å². The lowest BCUT2D eigenvalue weighted by atomic mass is 9.96. The molecule has 0 saturated heterocycles. The van der Waals surface area contributed by atoms with Crippen molar-refractivity contribution in [3.63, 3.8) is 0 Å². The smallest absolute Gasteiger partial charge is 0.439 e. The van der Waals surface area contributed by atoms with Gasteiger partial charge in [0.2, 0.25) is 0 Å². The van der Waals surface area contributed by atoms with E-state index < -0.39 is 5.76 Å². The lowest BCUT2D eigenvalue weighted by molar-refractivity contribution is 0.159.